The van der Waals surface area contributed by atoms with Crippen molar-refractivity contribution >= 4 is 9.84 Å². The summed E-state index contributed by atoms with van der Waals surface area (Å²) in [4.78, 5) is 2.24. The lowest BCUT2D eigenvalue weighted by Crippen LogP contribution is -2.51. The first-order valence-electron chi connectivity index (χ1n) is 7.58. The molecule has 0 radical (unpaired) electrons. The molecule has 0 aromatic heterocycles. The Morgan fingerprint density at radius 3 is 2.55 bits per heavy atom. The van der Waals surface area contributed by atoms with Crippen LogP contribution >= 0.6 is 0 Å². The molecule has 1 aliphatic heterocycles. The van der Waals surface area contributed by atoms with E-state index in [-0.39, 0.29) is 18.2 Å². The van der Waals surface area contributed by atoms with Crippen molar-refractivity contribution in [3.05, 3.63) is 0 Å². The maximum Gasteiger partial charge on any atom is 0.151 e. The Hall–Kier alpha value is -0.170. The number of nitrogens with zero attached hydrogens (tertiary/aromatic N) is 1. The van der Waals surface area contributed by atoms with Crippen molar-refractivity contribution in [2.45, 2.75) is 63.2 Å². The zero-order valence-electron chi connectivity index (χ0n) is 12.8. The zero-order valence-corrected chi connectivity index (χ0v) is 13.6. The molecule has 0 aromatic rings. The molecular formula is C14H28N2O3S. The van der Waals surface area contributed by atoms with Crippen LogP contribution in [0.2, 0.25) is 0 Å². The fraction of sp³-hybridized carbons (Fsp3) is 1.00. The Morgan fingerprint density at radius 2 is 2.05 bits per heavy atom. The number of sulfone groups is 1. The Balaban J connectivity index is 1.98. The number of aliphatic hydroxyl groups excluding tert-OH is 1. The van der Waals surface area contributed by atoms with Gasteiger partial charge in [0.15, 0.2) is 9.84 Å². The Kier molecular flexibility index (Phi) is 4.79. The summed E-state index contributed by atoms with van der Waals surface area (Å²) in [6.07, 6.45) is 3.62. The molecule has 5 nitrogen and oxygen atoms in total. The average molecular weight is 304 g/mol. The van der Waals surface area contributed by atoms with Crippen LogP contribution in [0, 0.1) is 0 Å². The Morgan fingerprint density at radius 1 is 1.35 bits per heavy atom. The van der Waals surface area contributed by atoms with Crippen molar-refractivity contribution in [1.29, 1.82) is 0 Å². The van der Waals surface area contributed by atoms with E-state index in [9.17, 15) is 13.5 Å². The topological polar surface area (TPSA) is 69.6 Å². The van der Waals surface area contributed by atoms with E-state index in [1.807, 2.05) is 7.05 Å². The fourth-order valence-electron chi connectivity index (χ4n) is 3.77. The van der Waals surface area contributed by atoms with E-state index in [2.05, 4.69) is 24.1 Å². The zero-order chi connectivity index (χ0) is 15.0. The molecule has 20 heavy (non-hydrogen) atoms. The van der Waals surface area contributed by atoms with Crippen LogP contribution in [0.25, 0.3) is 0 Å². The molecule has 2 fully saturated rings. The van der Waals surface area contributed by atoms with E-state index >= 15 is 0 Å². The van der Waals surface area contributed by atoms with Gasteiger partial charge in [-0.15, -0.1) is 0 Å². The van der Waals surface area contributed by atoms with E-state index in [4.69, 9.17) is 0 Å². The van der Waals surface area contributed by atoms with Crippen molar-refractivity contribution in [2.75, 3.05) is 25.2 Å². The van der Waals surface area contributed by atoms with Crippen molar-refractivity contribution < 1.29 is 13.5 Å². The third-order valence-corrected chi connectivity index (χ3v) is 6.59. The van der Waals surface area contributed by atoms with Gasteiger partial charge in [0, 0.05) is 23.7 Å². The molecule has 1 aliphatic carbocycles. The predicted molar refractivity (Wildman–Crippen MR) is 80.5 cm³/mol. The summed E-state index contributed by atoms with van der Waals surface area (Å²) >= 11 is 0. The lowest BCUT2D eigenvalue weighted by Gasteiger charge is -2.34. The smallest absolute Gasteiger partial charge is 0.151 e. The molecule has 0 spiro atoms. The second kappa shape index (κ2) is 5.91. The lowest BCUT2D eigenvalue weighted by atomic mass is 9.97. The highest BCUT2D eigenvalue weighted by Crippen LogP contribution is 2.35. The number of rotatable bonds is 5. The highest BCUT2D eigenvalue weighted by Gasteiger charge is 2.43. The molecule has 1 saturated heterocycles. The highest BCUT2D eigenvalue weighted by atomic mass is 32.2. The molecule has 2 aliphatic rings. The van der Waals surface area contributed by atoms with Crippen LogP contribution in [0.1, 0.15) is 39.5 Å². The van der Waals surface area contributed by atoms with Gasteiger partial charge in [0.25, 0.3) is 0 Å². The maximum absolute atomic E-state index is 11.6. The van der Waals surface area contributed by atoms with E-state index in [0.717, 1.165) is 25.7 Å². The highest BCUT2D eigenvalue weighted by molar-refractivity contribution is 7.91. The van der Waals surface area contributed by atoms with E-state index < -0.39 is 9.84 Å². The minimum atomic E-state index is -2.83. The first-order valence-corrected chi connectivity index (χ1v) is 9.40. The molecule has 1 saturated carbocycles. The number of nitrogens with one attached hydrogen (secondary N) is 1. The minimum Gasteiger partial charge on any atom is -0.394 e. The number of aliphatic hydroxyl groups is 1. The summed E-state index contributed by atoms with van der Waals surface area (Å²) in [5.74, 6) is 0.619. The maximum atomic E-state index is 11.6. The van der Waals surface area contributed by atoms with Crippen LogP contribution in [0.4, 0.5) is 0 Å². The molecule has 3 unspecified atom stereocenters. The molecule has 1 heterocycles. The largest absolute Gasteiger partial charge is 0.394 e. The molecule has 2 rings (SSSR count). The third kappa shape index (κ3) is 3.53. The van der Waals surface area contributed by atoms with Gasteiger partial charge in [0.2, 0.25) is 0 Å². The molecule has 118 valence electrons. The van der Waals surface area contributed by atoms with E-state index in [0.29, 0.717) is 23.6 Å². The summed E-state index contributed by atoms with van der Waals surface area (Å²) in [5, 5.41) is 13.2. The van der Waals surface area contributed by atoms with Gasteiger partial charge in [-0.25, -0.2) is 8.42 Å². The Labute approximate surface area is 122 Å². The molecule has 0 aromatic carbocycles. The minimum absolute atomic E-state index is 0.151. The van der Waals surface area contributed by atoms with Gasteiger partial charge in [0.05, 0.1) is 18.1 Å². The summed E-state index contributed by atoms with van der Waals surface area (Å²) in [6.45, 7) is 4.34. The number of hydrogen-bond acceptors (Lipinski definition) is 5. The normalized spacial score (nSPS) is 37.1. The van der Waals surface area contributed by atoms with Crippen molar-refractivity contribution in [3.8, 4) is 0 Å². The van der Waals surface area contributed by atoms with Crippen molar-refractivity contribution in [2.24, 2.45) is 0 Å². The third-order valence-electron chi connectivity index (χ3n) is 4.84. The van der Waals surface area contributed by atoms with Crippen molar-refractivity contribution in [1.82, 2.24) is 10.2 Å². The quantitative estimate of drug-likeness (QED) is 0.769. The molecule has 3 atom stereocenters. The van der Waals surface area contributed by atoms with Crippen LogP contribution in [0.3, 0.4) is 0 Å². The number of hydrogen-bond donors (Lipinski definition) is 2. The van der Waals surface area contributed by atoms with Gasteiger partial charge in [-0.05, 0) is 32.7 Å². The SMILES string of the molecule is CC(C)NC1(CO)CCC(N(C)C2CCS(=O)(=O)C2)C1. The second-order valence-corrected chi connectivity index (χ2v) is 9.09. The standard InChI is InChI=1S/C14H28N2O3S/c1-11(2)15-14(10-17)6-4-12(8-14)16(3)13-5-7-20(18,19)9-13/h11-13,15,17H,4-10H2,1-3H3. The summed E-state index contributed by atoms with van der Waals surface area (Å²) in [6, 6.07) is 0.864. The van der Waals surface area contributed by atoms with Gasteiger partial charge < -0.3 is 10.4 Å². The van der Waals surface area contributed by atoms with Crippen LogP contribution in [0.15, 0.2) is 0 Å². The average Bonchev–Trinajstić information content (AvgIpc) is 2.92. The van der Waals surface area contributed by atoms with Gasteiger partial charge in [0.1, 0.15) is 0 Å². The molecule has 6 heteroatoms. The van der Waals surface area contributed by atoms with Crippen LogP contribution in [-0.2, 0) is 9.84 Å². The van der Waals surface area contributed by atoms with Gasteiger partial charge in [-0.1, -0.05) is 13.8 Å². The van der Waals surface area contributed by atoms with Gasteiger partial charge >= 0.3 is 0 Å². The first kappa shape index (κ1) is 16.2. The monoisotopic (exact) mass is 304 g/mol. The molecule has 2 N–H and O–H groups in total. The summed E-state index contributed by atoms with van der Waals surface area (Å²) in [5.41, 5.74) is -0.190. The Bertz CT molecular complexity index is 438. The van der Waals surface area contributed by atoms with Gasteiger partial charge in [-0.3, -0.25) is 4.90 Å². The molecular weight excluding hydrogens is 276 g/mol. The van der Waals surface area contributed by atoms with Gasteiger partial charge in [-0.2, -0.15) is 0 Å². The second-order valence-electron chi connectivity index (χ2n) is 6.86. The summed E-state index contributed by atoms with van der Waals surface area (Å²) in [7, 11) is -0.789. The van der Waals surface area contributed by atoms with E-state index in [1.165, 1.54) is 0 Å². The van der Waals surface area contributed by atoms with Crippen LogP contribution in [0.5, 0.6) is 0 Å². The van der Waals surface area contributed by atoms with Crippen LogP contribution in [-0.4, -0.2) is 67.2 Å². The van der Waals surface area contributed by atoms with Crippen molar-refractivity contribution in [3.63, 3.8) is 0 Å². The molecule has 0 bridgehead atoms. The predicted octanol–water partition coefficient (Wildman–Crippen LogP) is 0.387. The first-order chi connectivity index (χ1) is 9.27. The van der Waals surface area contributed by atoms with E-state index in [1.54, 1.807) is 0 Å². The molecule has 0 amide bonds. The lowest BCUT2D eigenvalue weighted by molar-refractivity contribution is 0.133. The fourth-order valence-corrected chi connectivity index (χ4v) is 5.56. The summed E-state index contributed by atoms with van der Waals surface area (Å²) < 4.78 is 23.2. The van der Waals surface area contributed by atoms with Crippen LogP contribution < -0.4 is 5.32 Å².